The lowest BCUT2D eigenvalue weighted by atomic mass is 10.1. The van der Waals surface area contributed by atoms with E-state index in [1.165, 1.54) is 12.1 Å². The van der Waals surface area contributed by atoms with Crippen LogP contribution in [0.5, 0.6) is 0 Å². The normalized spacial score (nSPS) is 19.4. The Morgan fingerprint density at radius 1 is 1.47 bits per heavy atom. The summed E-state index contributed by atoms with van der Waals surface area (Å²) in [5.41, 5.74) is -0.0289. The topological polar surface area (TPSA) is 63.4 Å². The molecular weight excluding hydrogens is 244 g/mol. The predicted molar refractivity (Wildman–Crippen MR) is 63.3 cm³/mol. The van der Waals surface area contributed by atoms with Crippen molar-refractivity contribution in [3.63, 3.8) is 0 Å². The summed E-state index contributed by atoms with van der Waals surface area (Å²) in [6, 6.07) is 5.97. The largest absolute Gasteiger partial charge is 0.337 e. The molecule has 5 nitrogen and oxygen atoms in total. The van der Waals surface area contributed by atoms with Crippen molar-refractivity contribution < 1.29 is 9.72 Å². The van der Waals surface area contributed by atoms with Gasteiger partial charge in [-0.1, -0.05) is 12.1 Å². The van der Waals surface area contributed by atoms with Crippen molar-refractivity contribution in [3.05, 3.63) is 39.9 Å². The highest BCUT2D eigenvalue weighted by Gasteiger charge is 2.29. The first-order valence-corrected chi connectivity index (χ1v) is 5.70. The standard InChI is InChI=1S/C11H11ClN2O3/c12-8-5-6-13(7-8)11(15)9-3-1-2-4-10(9)14(16)17/h1-4,8H,5-7H2. The van der Waals surface area contributed by atoms with E-state index in [1.54, 1.807) is 17.0 Å². The van der Waals surface area contributed by atoms with Gasteiger partial charge in [0, 0.05) is 19.2 Å². The molecule has 90 valence electrons. The fourth-order valence-electron chi connectivity index (χ4n) is 1.89. The van der Waals surface area contributed by atoms with Gasteiger partial charge in [-0.3, -0.25) is 14.9 Å². The zero-order chi connectivity index (χ0) is 12.4. The van der Waals surface area contributed by atoms with Gasteiger partial charge in [0.25, 0.3) is 11.6 Å². The lowest BCUT2D eigenvalue weighted by molar-refractivity contribution is -0.385. The maximum Gasteiger partial charge on any atom is 0.282 e. The van der Waals surface area contributed by atoms with Gasteiger partial charge in [0.05, 0.1) is 10.3 Å². The van der Waals surface area contributed by atoms with Crippen molar-refractivity contribution in [3.8, 4) is 0 Å². The van der Waals surface area contributed by atoms with Crippen LogP contribution in [0, 0.1) is 10.1 Å². The van der Waals surface area contributed by atoms with Crippen LogP contribution in [0.15, 0.2) is 24.3 Å². The highest BCUT2D eigenvalue weighted by Crippen LogP contribution is 2.23. The number of para-hydroxylation sites is 1. The third-order valence-electron chi connectivity index (χ3n) is 2.75. The molecular formula is C11H11ClN2O3. The summed E-state index contributed by atoms with van der Waals surface area (Å²) < 4.78 is 0. The van der Waals surface area contributed by atoms with Gasteiger partial charge < -0.3 is 4.90 Å². The SMILES string of the molecule is O=C(c1ccccc1[N+](=O)[O-])N1CCC(Cl)C1. The molecule has 0 aromatic heterocycles. The molecule has 1 amide bonds. The van der Waals surface area contributed by atoms with Crippen LogP contribution in [0.25, 0.3) is 0 Å². The van der Waals surface area contributed by atoms with Crippen molar-refractivity contribution in [2.75, 3.05) is 13.1 Å². The molecule has 1 aromatic carbocycles. The average molecular weight is 255 g/mol. The monoisotopic (exact) mass is 254 g/mol. The Hall–Kier alpha value is -1.62. The summed E-state index contributed by atoms with van der Waals surface area (Å²) in [6.45, 7) is 1.01. The Morgan fingerprint density at radius 3 is 2.76 bits per heavy atom. The fourth-order valence-corrected chi connectivity index (χ4v) is 2.15. The number of alkyl halides is 1. The zero-order valence-electron chi connectivity index (χ0n) is 9.01. The van der Waals surface area contributed by atoms with E-state index in [0.717, 1.165) is 6.42 Å². The molecule has 1 fully saturated rings. The number of halogens is 1. The van der Waals surface area contributed by atoms with Crippen molar-refractivity contribution in [1.82, 2.24) is 4.90 Å². The second kappa shape index (κ2) is 4.71. The molecule has 0 bridgehead atoms. The number of amides is 1. The maximum absolute atomic E-state index is 12.1. The van der Waals surface area contributed by atoms with E-state index in [4.69, 9.17) is 11.6 Å². The van der Waals surface area contributed by atoms with Gasteiger partial charge in [0.2, 0.25) is 0 Å². The van der Waals surface area contributed by atoms with Gasteiger partial charge in [-0.25, -0.2) is 0 Å². The van der Waals surface area contributed by atoms with Crippen LogP contribution in [0.4, 0.5) is 5.69 Å². The van der Waals surface area contributed by atoms with Gasteiger partial charge in [-0.05, 0) is 12.5 Å². The van der Waals surface area contributed by atoms with Gasteiger partial charge >= 0.3 is 0 Å². The van der Waals surface area contributed by atoms with Gasteiger partial charge in [-0.2, -0.15) is 0 Å². The van der Waals surface area contributed by atoms with Crippen LogP contribution in [-0.2, 0) is 0 Å². The number of likely N-dealkylation sites (tertiary alicyclic amines) is 1. The van der Waals surface area contributed by atoms with Crippen molar-refractivity contribution >= 4 is 23.2 Å². The van der Waals surface area contributed by atoms with Gasteiger partial charge in [0.1, 0.15) is 5.56 Å². The number of nitro benzene ring substituents is 1. The molecule has 1 atom stereocenters. The van der Waals surface area contributed by atoms with E-state index in [1.807, 2.05) is 0 Å². The van der Waals surface area contributed by atoms with Crippen LogP contribution in [0.3, 0.4) is 0 Å². The van der Waals surface area contributed by atoms with Gasteiger partial charge in [-0.15, -0.1) is 11.6 Å². The van der Waals surface area contributed by atoms with Crippen molar-refractivity contribution in [2.45, 2.75) is 11.8 Å². The molecule has 6 heteroatoms. The quantitative estimate of drug-likeness (QED) is 0.461. The fraction of sp³-hybridized carbons (Fsp3) is 0.364. The van der Waals surface area contributed by atoms with Crippen molar-refractivity contribution in [1.29, 1.82) is 0 Å². The third kappa shape index (κ3) is 2.39. The number of rotatable bonds is 2. The van der Waals surface area contributed by atoms with E-state index in [2.05, 4.69) is 0 Å². The molecule has 0 aliphatic carbocycles. The highest BCUT2D eigenvalue weighted by atomic mass is 35.5. The lowest BCUT2D eigenvalue weighted by Gasteiger charge is -2.15. The second-order valence-electron chi connectivity index (χ2n) is 3.91. The summed E-state index contributed by atoms with van der Waals surface area (Å²) in [4.78, 5) is 23.9. The summed E-state index contributed by atoms with van der Waals surface area (Å²) in [5, 5.41) is 10.8. The molecule has 0 spiro atoms. The molecule has 1 aromatic rings. The lowest BCUT2D eigenvalue weighted by Crippen LogP contribution is -2.29. The number of carbonyl (C=O) groups is 1. The van der Waals surface area contributed by atoms with E-state index < -0.39 is 4.92 Å². The number of benzene rings is 1. The smallest absolute Gasteiger partial charge is 0.282 e. The van der Waals surface area contributed by atoms with E-state index in [9.17, 15) is 14.9 Å². The van der Waals surface area contributed by atoms with Crippen LogP contribution < -0.4 is 0 Å². The molecule has 1 aliphatic heterocycles. The number of hydrogen-bond acceptors (Lipinski definition) is 3. The van der Waals surface area contributed by atoms with Crippen LogP contribution >= 0.6 is 11.6 Å². The minimum Gasteiger partial charge on any atom is -0.337 e. The number of carbonyl (C=O) groups excluding carboxylic acids is 1. The first-order valence-electron chi connectivity index (χ1n) is 5.26. The van der Waals surface area contributed by atoms with E-state index in [-0.39, 0.29) is 22.5 Å². The van der Waals surface area contributed by atoms with E-state index >= 15 is 0 Å². The molecule has 1 unspecified atom stereocenters. The summed E-state index contributed by atoms with van der Waals surface area (Å²) in [7, 11) is 0. The Morgan fingerprint density at radius 2 is 2.18 bits per heavy atom. The van der Waals surface area contributed by atoms with E-state index in [0.29, 0.717) is 13.1 Å². The minimum atomic E-state index is -0.540. The number of hydrogen-bond donors (Lipinski definition) is 0. The van der Waals surface area contributed by atoms with Crippen LogP contribution in [0.2, 0.25) is 0 Å². The molecule has 17 heavy (non-hydrogen) atoms. The molecule has 0 N–H and O–H groups in total. The molecule has 1 aliphatic rings. The number of nitrogens with zero attached hydrogens (tertiary/aromatic N) is 2. The second-order valence-corrected chi connectivity index (χ2v) is 4.53. The minimum absolute atomic E-state index is 0.0540. The first-order chi connectivity index (χ1) is 8.09. The van der Waals surface area contributed by atoms with Gasteiger partial charge in [0.15, 0.2) is 0 Å². The molecule has 1 heterocycles. The molecule has 1 saturated heterocycles. The van der Waals surface area contributed by atoms with Crippen molar-refractivity contribution in [2.24, 2.45) is 0 Å². The molecule has 2 rings (SSSR count). The first kappa shape index (κ1) is 11.9. The Bertz CT molecular complexity index is 464. The summed E-state index contributed by atoms with van der Waals surface area (Å²) >= 11 is 5.91. The molecule has 0 saturated carbocycles. The Labute approximate surface area is 103 Å². The highest BCUT2D eigenvalue weighted by molar-refractivity contribution is 6.21. The number of nitro groups is 1. The maximum atomic E-state index is 12.1. The summed E-state index contributed by atoms with van der Waals surface area (Å²) in [5.74, 6) is -0.319. The Balaban J connectivity index is 2.28. The third-order valence-corrected chi connectivity index (χ3v) is 3.11. The predicted octanol–water partition coefficient (Wildman–Crippen LogP) is 2.05. The zero-order valence-corrected chi connectivity index (χ0v) is 9.76. The van der Waals surface area contributed by atoms with Crippen LogP contribution in [-0.4, -0.2) is 34.2 Å². The average Bonchev–Trinajstić information content (AvgIpc) is 2.75. The van der Waals surface area contributed by atoms with Crippen LogP contribution in [0.1, 0.15) is 16.8 Å². The summed E-state index contributed by atoms with van der Waals surface area (Å²) in [6.07, 6.45) is 0.730. The molecule has 0 radical (unpaired) electrons. The Kier molecular flexibility index (Phi) is 3.28.